The summed E-state index contributed by atoms with van der Waals surface area (Å²) in [5.41, 5.74) is 2.39. The number of hydrogen-bond donors (Lipinski definition) is 0. The smallest absolute Gasteiger partial charge is 0.352 e. The molecule has 2 aliphatic rings. The quantitative estimate of drug-likeness (QED) is 0.581. The monoisotopic (exact) mass is 472 g/mol. The molecule has 1 unspecified atom stereocenters. The number of amides is 1. The van der Waals surface area contributed by atoms with Crippen molar-refractivity contribution in [2.75, 3.05) is 31.6 Å². The number of piperidine rings is 1. The van der Waals surface area contributed by atoms with Crippen LogP contribution in [0, 0.1) is 5.92 Å². The van der Waals surface area contributed by atoms with E-state index >= 15 is 0 Å². The number of carbonyl (C=O) groups excluding carboxylic acids is 1. The minimum absolute atomic E-state index is 0.0319. The van der Waals surface area contributed by atoms with Gasteiger partial charge in [0, 0.05) is 63.2 Å². The Balaban J connectivity index is 1.42. The number of aromatic nitrogens is 4. The van der Waals surface area contributed by atoms with E-state index < -0.39 is 11.8 Å². The maximum atomic E-state index is 13.8. The molecule has 0 aliphatic carbocycles. The molecule has 0 spiro atoms. The van der Waals surface area contributed by atoms with Crippen LogP contribution in [0.25, 0.3) is 5.65 Å². The Morgan fingerprint density at radius 1 is 1.29 bits per heavy atom. The molecule has 2 aliphatic heterocycles. The van der Waals surface area contributed by atoms with Crippen LogP contribution in [0.5, 0.6) is 0 Å². The first kappa shape index (κ1) is 22.5. The summed E-state index contributed by atoms with van der Waals surface area (Å²) >= 11 is 0. The van der Waals surface area contributed by atoms with E-state index in [-0.39, 0.29) is 37.8 Å². The van der Waals surface area contributed by atoms with Gasteiger partial charge in [-0.25, -0.2) is 18.6 Å². The van der Waals surface area contributed by atoms with Crippen LogP contribution in [0.4, 0.5) is 20.3 Å². The van der Waals surface area contributed by atoms with Crippen LogP contribution in [0.2, 0.25) is 0 Å². The van der Waals surface area contributed by atoms with Gasteiger partial charge in [0.05, 0.1) is 5.56 Å². The molecule has 1 atom stereocenters. The van der Waals surface area contributed by atoms with Gasteiger partial charge in [0.1, 0.15) is 12.5 Å². The fourth-order valence-electron chi connectivity index (χ4n) is 4.67. The van der Waals surface area contributed by atoms with Crippen LogP contribution in [0.1, 0.15) is 35.7 Å². The number of alkyl halides is 2. The van der Waals surface area contributed by atoms with Crippen molar-refractivity contribution in [1.29, 1.82) is 0 Å². The Kier molecular flexibility index (Phi) is 5.59. The number of pyridine rings is 2. The van der Waals surface area contributed by atoms with E-state index in [4.69, 9.17) is 4.74 Å². The molecule has 0 N–H and O–H groups in total. The molecule has 180 valence electrons. The fourth-order valence-corrected chi connectivity index (χ4v) is 4.67. The first-order valence-electron chi connectivity index (χ1n) is 11.3. The summed E-state index contributed by atoms with van der Waals surface area (Å²) in [7, 11) is 1.50. The second kappa shape index (κ2) is 8.46. The van der Waals surface area contributed by atoms with Crippen molar-refractivity contribution in [3.05, 3.63) is 52.2 Å². The summed E-state index contributed by atoms with van der Waals surface area (Å²) in [5, 5.41) is 4.31. The van der Waals surface area contributed by atoms with Gasteiger partial charge in [0.25, 0.3) is 11.8 Å². The number of methoxy groups -OCH3 is 1. The minimum atomic E-state index is -2.74. The second-order valence-electron chi connectivity index (χ2n) is 8.94. The highest BCUT2D eigenvalue weighted by atomic mass is 19.3. The van der Waals surface area contributed by atoms with Gasteiger partial charge in [-0.3, -0.25) is 9.20 Å². The van der Waals surface area contributed by atoms with Crippen molar-refractivity contribution in [2.45, 2.75) is 38.8 Å². The molecule has 5 heterocycles. The van der Waals surface area contributed by atoms with Crippen molar-refractivity contribution in [1.82, 2.24) is 24.1 Å². The van der Waals surface area contributed by atoms with Crippen LogP contribution in [-0.4, -0.2) is 62.6 Å². The summed E-state index contributed by atoms with van der Waals surface area (Å²) in [6.07, 6.45) is 4.49. The number of rotatable bonds is 4. The Morgan fingerprint density at radius 2 is 2.12 bits per heavy atom. The number of hydrogen-bond acceptors (Lipinski definition) is 6. The number of fused-ring (bicyclic) bond motifs is 2. The highest BCUT2D eigenvalue weighted by Crippen LogP contribution is 2.35. The van der Waals surface area contributed by atoms with Crippen molar-refractivity contribution < 1.29 is 18.3 Å². The van der Waals surface area contributed by atoms with E-state index in [1.54, 1.807) is 6.20 Å². The zero-order chi connectivity index (χ0) is 24.0. The third-order valence-electron chi connectivity index (χ3n) is 6.62. The van der Waals surface area contributed by atoms with Gasteiger partial charge in [-0.15, -0.1) is 5.10 Å². The third kappa shape index (κ3) is 3.83. The van der Waals surface area contributed by atoms with Gasteiger partial charge in [-0.1, -0.05) is 6.92 Å². The van der Waals surface area contributed by atoms with E-state index in [2.05, 4.69) is 10.1 Å². The normalized spacial score (nSPS) is 19.9. The lowest BCUT2D eigenvalue weighted by molar-refractivity contribution is -0.0921. The van der Waals surface area contributed by atoms with E-state index in [9.17, 15) is 18.4 Å². The van der Waals surface area contributed by atoms with Crippen molar-refractivity contribution in [3.8, 4) is 0 Å². The van der Waals surface area contributed by atoms with Gasteiger partial charge in [0.15, 0.2) is 5.65 Å². The number of carbonyl (C=O) groups is 1. The summed E-state index contributed by atoms with van der Waals surface area (Å²) in [6, 6.07) is 5.47. The molecule has 9 nitrogen and oxygen atoms in total. The molecule has 3 aromatic rings. The van der Waals surface area contributed by atoms with Crippen LogP contribution in [0.3, 0.4) is 0 Å². The SMILES string of the molecule is COCn1nc2cc(N3CCCc4cc(C(=O)N5CCC(F)(F)C(C)C5)cnc43)ccn2c1=O. The molecule has 0 radical (unpaired) electrons. The lowest BCUT2D eigenvalue weighted by Gasteiger charge is -2.37. The first-order valence-corrected chi connectivity index (χ1v) is 11.3. The lowest BCUT2D eigenvalue weighted by atomic mass is 9.95. The topological polar surface area (TPSA) is 85.0 Å². The van der Waals surface area contributed by atoms with Crippen molar-refractivity contribution in [2.24, 2.45) is 5.92 Å². The number of ether oxygens (including phenoxy) is 1. The predicted octanol–water partition coefficient (Wildman–Crippen LogP) is 2.70. The second-order valence-corrected chi connectivity index (χ2v) is 8.94. The van der Waals surface area contributed by atoms with E-state index in [0.717, 1.165) is 36.5 Å². The Morgan fingerprint density at radius 3 is 2.88 bits per heavy atom. The lowest BCUT2D eigenvalue weighted by Crippen LogP contribution is -2.48. The summed E-state index contributed by atoms with van der Waals surface area (Å²) < 4.78 is 35.4. The Hall–Kier alpha value is -3.34. The molecule has 34 heavy (non-hydrogen) atoms. The van der Waals surface area contributed by atoms with Gasteiger partial charge >= 0.3 is 5.69 Å². The summed E-state index contributed by atoms with van der Waals surface area (Å²) in [6.45, 7) is 2.34. The average Bonchev–Trinajstić information content (AvgIpc) is 3.14. The number of likely N-dealkylation sites (tertiary alicyclic amines) is 1. The van der Waals surface area contributed by atoms with Crippen molar-refractivity contribution in [3.63, 3.8) is 0 Å². The number of halogens is 2. The maximum Gasteiger partial charge on any atom is 0.352 e. The molecular weight excluding hydrogens is 446 g/mol. The standard InChI is InChI=1S/C23H26F2N6O3/c1-15-13-28(9-6-23(15,24)25)21(32)17-10-16-4-3-7-29(20(16)26-12-17)18-5-8-30-19(11-18)27-31(14-34-2)22(30)33/h5,8,10-12,15H,3-4,6-7,9,13-14H2,1-2H3. The fraction of sp³-hybridized carbons (Fsp3) is 0.478. The zero-order valence-corrected chi connectivity index (χ0v) is 19.1. The van der Waals surface area contributed by atoms with E-state index in [0.29, 0.717) is 11.2 Å². The van der Waals surface area contributed by atoms with E-state index in [1.165, 1.54) is 34.2 Å². The highest BCUT2D eigenvalue weighted by molar-refractivity contribution is 5.94. The van der Waals surface area contributed by atoms with Crippen LogP contribution >= 0.6 is 0 Å². The van der Waals surface area contributed by atoms with Gasteiger partial charge < -0.3 is 14.5 Å². The molecule has 1 amide bonds. The maximum absolute atomic E-state index is 13.8. The highest BCUT2D eigenvalue weighted by Gasteiger charge is 2.42. The molecule has 11 heteroatoms. The molecule has 0 aromatic carbocycles. The van der Waals surface area contributed by atoms with Gasteiger partial charge in [-0.05, 0) is 30.5 Å². The van der Waals surface area contributed by atoms with Crippen molar-refractivity contribution >= 4 is 23.1 Å². The molecule has 1 saturated heterocycles. The van der Waals surface area contributed by atoms with Gasteiger partial charge in [-0.2, -0.15) is 4.68 Å². The van der Waals surface area contributed by atoms with Crippen LogP contribution < -0.4 is 10.6 Å². The largest absolute Gasteiger partial charge is 0.362 e. The number of anilines is 2. The molecular formula is C23H26F2N6O3. The first-order chi connectivity index (χ1) is 16.3. The van der Waals surface area contributed by atoms with Crippen LogP contribution in [-0.2, 0) is 17.9 Å². The molecule has 0 saturated carbocycles. The van der Waals surface area contributed by atoms with Crippen LogP contribution in [0.15, 0.2) is 35.4 Å². The molecule has 3 aromatic heterocycles. The Labute approximate surface area is 194 Å². The summed E-state index contributed by atoms with van der Waals surface area (Å²) in [5.74, 6) is -3.14. The van der Waals surface area contributed by atoms with Gasteiger partial charge in [0.2, 0.25) is 0 Å². The average molecular weight is 472 g/mol. The molecule has 0 bridgehead atoms. The number of nitrogens with zero attached hydrogens (tertiary/aromatic N) is 6. The third-order valence-corrected chi connectivity index (χ3v) is 6.62. The van der Waals surface area contributed by atoms with E-state index in [1.807, 2.05) is 23.1 Å². The minimum Gasteiger partial charge on any atom is -0.362 e. The molecule has 5 rings (SSSR count). The summed E-state index contributed by atoms with van der Waals surface area (Å²) in [4.78, 5) is 33.5. The molecule has 1 fully saturated rings. The predicted molar refractivity (Wildman–Crippen MR) is 121 cm³/mol. The number of aryl methyl sites for hydroxylation is 1. The Bertz CT molecular complexity index is 1300. The zero-order valence-electron chi connectivity index (χ0n) is 19.1.